The molecular weight excluding hydrogens is 221 g/mol. The Morgan fingerprint density at radius 1 is 1.41 bits per heavy atom. The van der Waals surface area contributed by atoms with Gasteiger partial charge in [0, 0.05) is 18.7 Å². The van der Waals surface area contributed by atoms with E-state index in [2.05, 4.69) is 5.10 Å². The molecule has 1 heterocycles. The molecule has 0 bridgehead atoms. The number of halogens is 1. The normalized spacial score (nSPS) is 9.94. The molecule has 4 nitrogen and oxygen atoms in total. The fourth-order valence-corrected chi connectivity index (χ4v) is 1.48. The van der Waals surface area contributed by atoms with Crippen LogP contribution in [0.1, 0.15) is 5.56 Å². The lowest BCUT2D eigenvalue weighted by Gasteiger charge is -2.05. The number of nitrogens with zero attached hydrogens (tertiary/aromatic N) is 3. The third-order valence-corrected chi connectivity index (χ3v) is 2.34. The van der Waals surface area contributed by atoms with Crippen molar-refractivity contribution in [3.05, 3.63) is 52.1 Å². The fourth-order valence-electron chi connectivity index (χ4n) is 1.48. The third-order valence-electron chi connectivity index (χ3n) is 2.34. The van der Waals surface area contributed by atoms with Crippen molar-refractivity contribution in [2.75, 3.05) is 0 Å². The maximum Gasteiger partial charge on any atom is 0.267 e. The average Bonchev–Trinajstić information content (AvgIpc) is 2.33. The molecule has 0 fully saturated rings. The number of aromatic nitrogens is 2. The Morgan fingerprint density at radius 2 is 2.12 bits per heavy atom. The number of rotatable bonds is 1. The van der Waals surface area contributed by atoms with E-state index in [1.165, 1.54) is 19.2 Å². The van der Waals surface area contributed by atoms with Gasteiger partial charge in [-0.25, -0.2) is 9.07 Å². The predicted octanol–water partition coefficient (Wildman–Crippen LogP) is 1.46. The topological polar surface area (TPSA) is 58.7 Å². The minimum absolute atomic E-state index is 0.0678. The van der Waals surface area contributed by atoms with E-state index in [1.807, 2.05) is 6.07 Å². The van der Waals surface area contributed by atoms with Crippen LogP contribution in [0.15, 0.2) is 35.1 Å². The number of hydrogen-bond donors (Lipinski definition) is 0. The molecule has 17 heavy (non-hydrogen) atoms. The first-order valence-electron chi connectivity index (χ1n) is 4.87. The van der Waals surface area contributed by atoms with E-state index in [0.717, 1.165) is 10.7 Å². The van der Waals surface area contributed by atoms with Gasteiger partial charge < -0.3 is 0 Å². The Balaban J connectivity index is 2.77. The maximum atomic E-state index is 13.6. The van der Waals surface area contributed by atoms with Crippen molar-refractivity contribution >= 4 is 0 Å². The molecule has 0 saturated carbocycles. The maximum absolute atomic E-state index is 13.6. The molecule has 0 radical (unpaired) electrons. The lowest BCUT2D eigenvalue weighted by Crippen LogP contribution is -2.20. The van der Waals surface area contributed by atoms with Gasteiger partial charge in [-0.15, -0.1) is 0 Å². The van der Waals surface area contributed by atoms with Gasteiger partial charge in [0.2, 0.25) is 0 Å². The second kappa shape index (κ2) is 4.18. The summed E-state index contributed by atoms with van der Waals surface area (Å²) in [5.74, 6) is -0.477. The summed E-state index contributed by atoms with van der Waals surface area (Å²) in [5, 5.41) is 12.8. The molecule has 0 aliphatic heterocycles. The van der Waals surface area contributed by atoms with Crippen LogP contribution in [0.4, 0.5) is 4.39 Å². The number of benzene rings is 1. The third kappa shape index (κ3) is 1.93. The molecule has 0 spiro atoms. The Kier molecular flexibility index (Phi) is 2.71. The van der Waals surface area contributed by atoms with Gasteiger partial charge in [-0.3, -0.25) is 4.79 Å². The van der Waals surface area contributed by atoms with Gasteiger partial charge in [0.05, 0.1) is 5.56 Å². The van der Waals surface area contributed by atoms with Gasteiger partial charge >= 0.3 is 0 Å². The molecule has 0 aliphatic carbocycles. The highest BCUT2D eigenvalue weighted by Gasteiger charge is 2.12. The van der Waals surface area contributed by atoms with Gasteiger partial charge in [0.25, 0.3) is 5.56 Å². The Bertz CT molecular complexity index is 670. The van der Waals surface area contributed by atoms with Gasteiger partial charge in [-0.05, 0) is 12.1 Å². The van der Waals surface area contributed by atoms with E-state index in [-0.39, 0.29) is 16.8 Å². The van der Waals surface area contributed by atoms with Crippen molar-refractivity contribution in [3.63, 3.8) is 0 Å². The van der Waals surface area contributed by atoms with Crippen LogP contribution in [0.25, 0.3) is 11.3 Å². The van der Waals surface area contributed by atoms with Crippen molar-refractivity contribution in [2.45, 2.75) is 0 Å². The first kappa shape index (κ1) is 11.0. The van der Waals surface area contributed by atoms with E-state index in [1.54, 1.807) is 12.1 Å². The predicted molar refractivity (Wildman–Crippen MR) is 59.6 cm³/mol. The van der Waals surface area contributed by atoms with Gasteiger partial charge in [0.15, 0.2) is 0 Å². The lowest BCUT2D eigenvalue weighted by atomic mass is 10.1. The average molecular weight is 229 g/mol. The highest BCUT2D eigenvalue weighted by molar-refractivity contribution is 5.66. The summed E-state index contributed by atoms with van der Waals surface area (Å²) >= 11 is 0. The fraction of sp³-hybridized carbons (Fsp3) is 0.0833. The quantitative estimate of drug-likeness (QED) is 0.743. The second-order valence-corrected chi connectivity index (χ2v) is 3.46. The zero-order valence-electron chi connectivity index (χ0n) is 9.01. The van der Waals surface area contributed by atoms with E-state index in [9.17, 15) is 9.18 Å². The highest BCUT2D eigenvalue weighted by atomic mass is 19.1. The number of hydrogen-bond acceptors (Lipinski definition) is 3. The van der Waals surface area contributed by atoms with E-state index >= 15 is 0 Å². The highest BCUT2D eigenvalue weighted by Crippen LogP contribution is 2.22. The Labute approximate surface area is 96.6 Å². The Hall–Kier alpha value is -2.48. The van der Waals surface area contributed by atoms with Crippen molar-refractivity contribution in [1.82, 2.24) is 9.78 Å². The van der Waals surface area contributed by atoms with Crippen LogP contribution in [0.5, 0.6) is 0 Å². The molecule has 0 unspecified atom stereocenters. The molecule has 0 aliphatic rings. The number of nitriles is 1. The van der Waals surface area contributed by atoms with Crippen molar-refractivity contribution in [3.8, 4) is 17.3 Å². The van der Waals surface area contributed by atoms with Gasteiger partial charge in [0.1, 0.15) is 17.6 Å². The second-order valence-electron chi connectivity index (χ2n) is 3.46. The molecule has 2 aromatic rings. The summed E-state index contributed by atoms with van der Waals surface area (Å²) < 4.78 is 14.7. The van der Waals surface area contributed by atoms with Crippen LogP contribution in [-0.4, -0.2) is 9.78 Å². The van der Waals surface area contributed by atoms with Gasteiger partial charge in [-0.2, -0.15) is 10.4 Å². The van der Waals surface area contributed by atoms with Crippen LogP contribution in [-0.2, 0) is 7.05 Å². The summed E-state index contributed by atoms with van der Waals surface area (Å²) in [6.07, 6.45) is 0. The minimum Gasteiger partial charge on any atom is -0.268 e. The lowest BCUT2D eigenvalue weighted by molar-refractivity contribution is 0.627. The molecule has 5 heteroatoms. The van der Waals surface area contributed by atoms with E-state index < -0.39 is 11.4 Å². The summed E-state index contributed by atoms with van der Waals surface area (Å²) in [4.78, 5) is 11.3. The van der Waals surface area contributed by atoms with Crippen LogP contribution in [0, 0.1) is 17.1 Å². The van der Waals surface area contributed by atoms with E-state index in [0.29, 0.717) is 0 Å². The SMILES string of the molecule is Cn1nc(-c2ccccc2F)c(C#N)cc1=O. The molecule has 0 amide bonds. The summed E-state index contributed by atoms with van der Waals surface area (Å²) in [5.41, 5.74) is 0.0483. The van der Waals surface area contributed by atoms with Crippen LogP contribution < -0.4 is 5.56 Å². The standard InChI is InChI=1S/C12H8FN3O/c1-16-11(17)6-8(7-14)12(15-16)9-4-2-3-5-10(9)13/h2-6H,1H3. The van der Waals surface area contributed by atoms with Crippen LogP contribution in [0.2, 0.25) is 0 Å². The van der Waals surface area contributed by atoms with Gasteiger partial charge in [-0.1, -0.05) is 12.1 Å². The Morgan fingerprint density at radius 3 is 2.76 bits per heavy atom. The smallest absolute Gasteiger partial charge is 0.267 e. The van der Waals surface area contributed by atoms with Crippen molar-refractivity contribution in [1.29, 1.82) is 5.26 Å². The summed E-state index contributed by atoms with van der Waals surface area (Å²) in [7, 11) is 1.45. The summed E-state index contributed by atoms with van der Waals surface area (Å²) in [6, 6.07) is 8.99. The minimum atomic E-state index is -0.477. The van der Waals surface area contributed by atoms with Crippen molar-refractivity contribution < 1.29 is 4.39 Å². The molecule has 0 saturated heterocycles. The largest absolute Gasteiger partial charge is 0.268 e. The molecule has 84 valence electrons. The van der Waals surface area contributed by atoms with E-state index in [4.69, 9.17) is 5.26 Å². The molecule has 0 atom stereocenters. The first-order chi connectivity index (χ1) is 8.13. The van der Waals surface area contributed by atoms with Crippen LogP contribution >= 0.6 is 0 Å². The first-order valence-corrected chi connectivity index (χ1v) is 4.87. The zero-order chi connectivity index (χ0) is 12.4. The zero-order valence-corrected chi connectivity index (χ0v) is 9.01. The summed E-state index contributed by atoms with van der Waals surface area (Å²) in [6.45, 7) is 0. The molecule has 1 aromatic heterocycles. The van der Waals surface area contributed by atoms with Crippen LogP contribution in [0.3, 0.4) is 0 Å². The monoisotopic (exact) mass is 229 g/mol. The molecule has 0 N–H and O–H groups in total. The molecule has 1 aromatic carbocycles. The molecular formula is C12H8FN3O. The number of aryl methyl sites for hydroxylation is 1. The molecule has 2 rings (SSSR count). The van der Waals surface area contributed by atoms with Crippen molar-refractivity contribution in [2.24, 2.45) is 7.05 Å².